The predicted octanol–water partition coefficient (Wildman–Crippen LogP) is 3.96. The molecule has 7 heteroatoms. The summed E-state index contributed by atoms with van der Waals surface area (Å²) in [5.41, 5.74) is 0.581. The molecule has 0 aromatic heterocycles. The summed E-state index contributed by atoms with van der Waals surface area (Å²) in [6, 6.07) is 16.2. The summed E-state index contributed by atoms with van der Waals surface area (Å²) in [7, 11) is 0. The van der Waals surface area contributed by atoms with Gasteiger partial charge in [-0.2, -0.15) is 18.4 Å². The van der Waals surface area contributed by atoms with E-state index in [-0.39, 0.29) is 11.5 Å². The fourth-order valence-electron chi connectivity index (χ4n) is 3.07. The van der Waals surface area contributed by atoms with Gasteiger partial charge in [-0.1, -0.05) is 36.4 Å². The highest BCUT2D eigenvalue weighted by Crippen LogP contribution is 2.31. The van der Waals surface area contributed by atoms with Crippen LogP contribution in [-0.2, 0) is 11.0 Å². The second-order valence-corrected chi connectivity index (χ2v) is 6.41. The van der Waals surface area contributed by atoms with Gasteiger partial charge in [-0.15, -0.1) is 0 Å². The molecule has 28 heavy (non-hydrogen) atoms. The molecule has 0 unspecified atom stereocenters. The van der Waals surface area contributed by atoms with Crippen molar-refractivity contribution >= 4 is 17.7 Å². The lowest BCUT2D eigenvalue weighted by Crippen LogP contribution is -2.49. The summed E-state index contributed by atoms with van der Waals surface area (Å²) < 4.78 is 38.7. The number of hydrogen-bond acceptors (Lipinski definition) is 3. The predicted molar refractivity (Wildman–Crippen MR) is 100 cm³/mol. The minimum Gasteiger partial charge on any atom is -0.368 e. The zero-order valence-electron chi connectivity index (χ0n) is 15.0. The summed E-state index contributed by atoms with van der Waals surface area (Å²) in [6.07, 6.45) is -2.85. The van der Waals surface area contributed by atoms with Gasteiger partial charge >= 0.3 is 6.18 Å². The molecule has 4 nitrogen and oxygen atoms in total. The molecule has 0 radical (unpaired) electrons. The van der Waals surface area contributed by atoms with Crippen molar-refractivity contribution in [2.24, 2.45) is 0 Å². The number of nitriles is 1. The number of carbonyl (C=O) groups excluding carboxylic acids is 1. The Morgan fingerprint density at radius 3 is 2.29 bits per heavy atom. The van der Waals surface area contributed by atoms with Crippen LogP contribution >= 0.6 is 0 Å². The monoisotopic (exact) mass is 385 g/mol. The van der Waals surface area contributed by atoms with Crippen LogP contribution < -0.4 is 4.90 Å². The summed E-state index contributed by atoms with van der Waals surface area (Å²) in [4.78, 5) is 16.0. The van der Waals surface area contributed by atoms with Crippen molar-refractivity contribution in [1.29, 1.82) is 5.26 Å². The summed E-state index contributed by atoms with van der Waals surface area (Å²) in [5.74, 6) is -0.366. The van der Waals surface area contributed by atoms with E-state index in [9.17, 15) is 23.2 Å². The lowest BCUT2D eigenvalue weighted by Gasteiger charge is -2.36. The first kappa shape index (κ1) is 19.5. The average Bonchev–Trinajstić information content (AvgIpc) is 2.72. The topological polar surface area (TPSA) is 47.3 Å². The number of rotatable bonds is 3. The Labute approximate surface area is 161 Å². The van der Waals surface area contributed by atoms with E-state index in [2.05, 4.69) is 0 Å². The van der Waals surface area contributed by atoms with E-state index in [4.69, 9.17) is 0 Å². The Morgan fingerprint density at radius 2 is 1.68 bits per heavy atom. The van der Waals surface area contributed by atoms with Gasteiger partial charge in [0.05, 0.1) is 5.56 Å². The van der Waals surface area contributed by atoms with Gasteiger partial charge in [-0.05, 0) is 29.8 Å². The standard InChI is InChI=1S/C21H18F3N3O/c22-21(23,24)18-7-4-8-19(14-18)26-9-11-27(12-10-26)20(28)17(15-25)13-16-5-2-1-3-6-16/h1-8,13-14H,9-12H2. The third kappa shape index (κ3) is 4.52. The molecule has 1 aliphatic rings. The van der Waals surface area contributed by atoms with E-state index in [1.807, 2.05) is 29.2 Å². The second kappa shape index (κ2) is 8.17. The number of piperazine rings is 1. The maximum Gasteiger partial charge on any atom is 0.416 e. The van der Waals surface area contributed by atoms with Crippen LogP contribution in [0.15, 0.2) is 60.2 Å². The number of amides is 1. The van der Waals surface area contributed by atoms with Crippen molar-refractivity contribution in [1.82, 2.24) is 4.90 Å². The van der Waals surface area contributed by atoms with Gasteiger partial charge < -0.3 is 9.80 Å². The maximum absolute atomic E-state index is 12.9. The van der Waals surface area contributed by atoms with E-state index in [1.54, 1.807) is 29.2 Å². The van der Waals surface area contributed by atoms with E-state index < -0.39 is 11.7 Å². The van der Waals surface area contributed by atoms with Crippen LogP contribution in [-0.4, -0.2) is 37.0 Å². The van der Waals surface area contributed by atoms with Crippen LogP contribution in [0.1, 0.15) is 11.1 Å². The van der Waals surface area contributed by atoms with Crippen molar-refractivity contribution in [3.63, 3.8) is 0 Å². The van der Waals surface area contributed by atoms with Crippen molar-refractivity contribution in [3.8, 4) is 6.07 Å². The molecule has 2 aromatic carbocycles. The van der Waals surface area contributed by atoms with Gasteiger partial charge in [0.25, 0.3) is 5.91 Å². The molecule has 2 aromatic rings. The fraction of sp³-hybridized carbons (Fsp3) is 0.238. The van der Waals surface area contributed by atoms with Crippen LogP contribution in [0, 0.1) is 11.3 Å². The SMILES string of the molecule is N#CC(=Cc1ccccc1)C(=O)N1CCN(c2cccc(C(F)(F)F)c2)CC1. The van der Waals surface area contributed by atoms with Crippen molar-refractivity contribution in [3.05, 3.63) is 71.3 Å². The number of alkyl halides is 3. The summed E-state index contributed by atoms with van der Waals surface area (Å²) >= 11 is 0. The van der Waals surface area contributed by atoms with Crippen molar-refractivity contribution in [2.45, 2.75) is 6.18 Å². The third-order valence-corrected chi connectivity index (χ3v) is 4.57. The number of benzene rings is 2. The quantitative estimate of drug-likeness (QED) is 0.594. The normalized spacial score (nSPS) is 15.3. The van der Waals surface area contributed by atoms with E-state index in [1.165, 1.54) is 6.07 Å². The molecule has 0 atom stereocenters. The zero-order chi connectivity index (χ0) is 20.1. The number of anilines is 1. The highest BCUT2D eigenvalue weighted by molar-refractivity contribution is 6.01. The van der Waals surface area contributed by atoms with Gasteiger partial charge in [0.15, 0.2) is 0 Å². The highest BCUT2D eigenvalue weighted by atomic mass is 19.4. The van der Waals surface area contributed by atoms with Gasteiger partial charge in [0, 0.05) is 31.9 Å². The van der Waals surface area contributed by atoms with Gasteiger partial charge in [0.2, 0.25) is 0 Å². The smallest absolute Gasteiger partial charge is 0.368 e. The summed E-state index contributed by atoms with van der Waals surface area (Å²) in [6.45, 7) is 1.47. The van der Waals surface area contributed by atoms with Crippen LogP contribution in [0.4, 0.5) is 18.9 Å². The molecule has 1 amide bonds. The fourth-order valence-corrected chi connectivity index (χ4v) is 3.07. The van der Waals surface area contributed by atoms with Gasteiger partial charge in [0.1, 0.15) is 11.6 Å². The summed E-state index contributed by atoms with van der Waals surface area (Å²) in [5, 5.41) is 9.34. The Kier molecular flexibility index (Phi) is 5.69. The average molecular weight is 385 g/mol. The lowest BCUT2D eigenvalue weighted by molar-refractivity contribution is -0.137. The number of hydrogen-bond donors (Lipinski definition) is 0. The number of halogens is 3. The van der Waals surface area contributed by atoms with Crippen molar-refractivity contribution < 1.29 is 18.0 Å². The number of carbonyl (C=O) groups is 1. The molecule has 0 spiro atoms. The first-order chi connectivity index (χ1) is 13.4. The van der Waals surface area contributed by atoms with E-state index in [0.717, 1.165) is 17.7 Å². The Hall–Kier alpha value is -3.27. The molecule has 0 bridgehead atoms. The molecule has 144 valence electrons. The van der Waals surface area contributed by atoms with Crippen LogP contribution in [0.25, 0.3) is 6.08 Å². The molecule has 3 rings (SSSR count). The Balaban J connectivity index is 1.67. The molecule has 1 fully saturated rings. The molecular weight excluding hydrogens is 367 g/mol. The highest BCUT2D eigenvalue weighted by Gasteiger charge is 2.31. The molecule has 1 aliphatic heterocycles. The largest absolute Gasteiger partial charge is 0.416 e. The lowest BCUT2D eigenvalue weighted by atomic mass is 10.1. The Bertz CT molecular complexity index is 908. The second-order valence-electron chi connectivity index (χ2n) is 6.41. The van der Waals surface area contributed by atoms with Crippen LogP contribution in [0.5, 0.6) is 0 Å². The Morgan fingerprint density at radius 1 is 1.00 bits per heavy atom. The molecule has 0 saturated carbocycles. The number of nitrogens with zero attached hydrogens (tertiary/aromatic N) is 3. The van der Waals surface area contributed by atoms with Crippen LogP contribution in [0.3, 0.4) is 0 Å². The zero-order valence-corrected chi connectivity index (χ0v) is 15.0. The van der Waals surface area contributed by atoms with E-state index >= 15 is 0 Å². The minimum absolute atomic E-state index is 0.0405. The molecule has 0 N–H and O–H groups in total. The molecule has 1 saturated heterocycles. The first-order valence-corrected chi connectivity index (χ1v) is 8.77. The van der Waals surface area contributed by atoms with Gasteiger partial charge in [-0.25, -0.2) is 0 Å². The molecule has 0 aliphatic carbocycles. The van der Waals surface area contributed by atoms with Gasteiger partial charge in [-0.3, -0.25) is 4.79 Å². The third-order valence-electron chi connectivity index (χ3n) is 4.57. The molecule has 1 heterocycles. The van der Waals surface area contributed by atoms with Crippen molar-refractivity contribution in [2.75, 3.05) is 31.1 Å². The van der Waals surface area contributed by atoms with E-state index in [0.29, 0.717) is 31.9 Å². The van der Waals surface area contributed by atoms with Crippen LogP contribution in [0.2, 0.25) is 0 Å². The first-order valence-electron chi connectivity index (χ1n) is 8.77. The molecular formula is C21H18F3N3O. The maximum atomic E-state index is 12.9. The minimum atomic E-state index is -4.39.